The molecule has 0 bridgehead atoms. The number of hydrogen-bond acceptors (Lipinski definition) is 4. The lowest BCUT2D eigenvalue weighted by Crippen LogP contribution is -2.37. The fraction of sp³-hybridized carbons (Fsp3) is 0.778. The molecule has 5 N–H and O–H groups in total. The molecule has 0 aromatic carbocycles. The Morgan fingerprint density at radius 1 is 1.28 bits per heavy atom. The first-order valence-corrected chi connectivity index (χ1v) is 7.19. The van der Waals surface area contributed by atoms with Gasteiger partial charge < -0.3 is 15.7 Å². The Hall–Kier alpha value is -1.35. The fourth-order valence-corrected chi connectivity index (χ4v) is 1.61. The van der Waals surface area contributed by atoms with Gasteiger partial charge in [-0.25, -0.2) is 18.4 Å². The smallest absolute Gasteiger partial charge is 0.314 e. The number of carboxylic acid groups (broad SMARTS) is 1. The molecule has 9 heteroatoms. The maximum absolute atomic E-state index is 11.2. The minimum Gasteiger partial charge on any atom is -0.481 e. The molecule has 0 aliphatic carbocycles. The third kappa shape index (κ3) is 9.85. The normalized spacial score (nSPS) is 12.8. The summed E-state index contributed by atoms with van der Waals surface area (Å²) in [6, 6.07) is -0.456. The molecule has 2 amide bonds. The highest BCUT2D eigenvalue weighted by Gasteiger charge is 2.10. The minimum atomic E-state index is -3.50. The maximum Gasteiger partial charge on any atom is 0.314 e. The van der Waals surface area contributed by atoms with Crippen molar-refractivity contribution in [2.75, 3.05) is 18.8 Å². The Morgan fingerprint density at radius 2 is 1.83 bits per heavy atom. The van der Waals surface area contributed by atoms with Gasteiger partial charge >= 0.3 is 12.0 Å². The molecule has 0 radical (unpaired) electrons. The molecule has 0 aliphatic heterocycles. The molecular weight excluding hydrogens is 262 g/mol. The van der Waals surface area contributed by atoms with Crippen LogP contribution in [0.15, 0.2) is 0 Å². The monoisotopic (exact) mass is 281 g/mol. The highest BCUT2D eigenvalue weighted by Crippen LogP contribution is 1.99. The molecule has 0 spiro atoms. The van der Waals surface area contributed by atoms with Crippen LogP contribution >= 0.6 is 0 Å². The number of aliphatic carboxylic acids is 1. The quantitative estimate of drug-likeness (QED) is 0.426. The molecule has 18 heavy (non-hydrogen) atoms. The number of rotatable bonds is 8. The lowest BCUT2D eigenvalue weighted by Gasteiger charge is -2.09. The number of urea groups is 1. The first-order chi connectivity index (χ1) is 8.22. The highest BCUT2D eigenvalue weighted by atomic mass is 32.2. The van der Waals surface area contributed by atoms with Crippen LogP contribution in [0.2, 0.25) is 0 Å². The largest absolute Gasteiger partial charge is 0.481 e. The van der Waals surface area contributed by atoms with Crippen LogP contribution in [-0.2, 0) is 14.8 Å². The van der Waals surface area contributed by atoms with Crippen LogP contribution in [0.5, 0.6) is 0 Å². The van der Waals surface area contributed by atoms with E-state index in [1.54, 1.807) is 6.92 Å². The van der Waals surface area contributed by atoms with Crippen molar-refractivity contribution >= 4 is 22.0 Å². The fourth-order valence-electron chi connectivity index (χ4n) is 1.06. The summed E-state index contributed by atoms with van der Waals surface area (Å²) >= 11 is 0. The number of nitrogens with two attached hydrogens (primary N) is 1. The summed E-state index contributed by atoms with van der Waals surface area (Å²) in [4.78, 5) is 21.7. The maximum atomic E-state index is 11.2. The average Bonchev–Trinajstić information content (AvgIpc) is 2.22. The Labute approximate surface area is 106 Å². The lowest BCUT2D eigenvalue weighted by molar-refractivity contribution is -0.141. The van der Waals surface area contributed by atoms with Gasteiger partial charge in [-0.05, 0) is 12.8 Å². The van der Waals surface area contributed by atoms with Gasteiger partial charge in [0.05, 0.1) is 11.7 Å². The van der Waals surface area contributed by atoms with Crippen molar-refractivity contribution in [1.29, 1.82) is 0 Å². The van der Waals surface area contributed by atoms with E-state index >= 15 is 0 Å². The molecule has 106 valence electrons. The number of carboxylic acids is 1. The van der Waals surface area contributed by atoms with Crippen molar-refractivity contribution < 1.29 is 23.1 Å². The van der Waals surface area contributed by atoms with Crippen LogP contribution in [-0.4, -0.2) is 44.4 Å². The van der Waals surface area contributed by atoms with Crippen molar-refractivity contribution in [2.24, 2.45) is 11.1 Å². The predicted molar refractivity (Wildman–Crippen MR) is 65.4 cm³/mol. The van der Waals surface area contributed by atoms with E-state index in [9.17, 15) is 18.0 Å². The Bertz CT molecular complexity index is 382. The molecule has 0 aromatic rings. The van der Waals surface area contributed by atoms with Gasteiger partial charge in [0.2, 0.25) is 10.0 Å². The summed E-state index contributed by atoms with van der Waals surface area (Å²) in [5.74, 6) is -1.62. The van der Waals surface area contributed by atoms with Gasteiger partial charge in [0.1, 0.15) is 0 Å². The summed E-state index contributed by atoms with van der Waals surface area (Å²) in [6.07, 6.45) is 0.567. The number of carbonyl (C=O) groups is 2. The van der Waals surface area contributed by atoms with Gasteiger partial charge in [0, 0.05) is 13.1 Å². The van der Waals surface area contributed by atoms with E-state index in [-0.39, 0.29) is 25.3 Å². The molecule has 8 nitrogen and oxygen atoms in total. The van der Waals surface area contributed by atoms with E-state index in [2.05, 4.69) is 10.6 Å². The minimum absolute atomic E-state index is 0.191. The second kappa shape index (κ2) is 7.88. The third-order valence-corrected chi connectivity index (χ3v) is 3.03. The zero-order chi connectivity index (χ0) is 14.2. The summed E-state index contributed by atoms with van der Waals surface area (Å²) in [5.41, 5.74) is 0. The number of primary sulfonamides is 1. The van der Waals surface area contributed by atoms with Crippen molar-refractivity contribution in [3.05, 3.63) is 0 Å². The van der Waals surface area contributed by atoms with E-state index in [1.165, 1.54) is 0 Å². The molecule has 0 saturated heterocycles. The predicted octanol–water partition coefficient (Wildman–Crippen LogP) is -0.925. The molecule has 0 aliphatic rings. The van der Waals surface area contributed by atoms with E-state index in [0.29, 0.717) is 6.42 Å². The van der Waals surface area contributed by atoms with E-state index in [4.69, 9.17) is 10.2 Å². The average molecular weight is 281 g/mol. The summed E-state index contributed by atoms with van der Waals surface area (Å²) in [7, 11) is -3.50. The molecular formula is C9H19N3O5S. The lowest BCUT2D eigenvalue weighted by atomic mass is 10.1. The topological polar surface area (TPSA) is 139 Å². The number of amides is 2. The van der Waals surface area contributed by atoms with Crippen molar-refractivity contribution in [2.45, 2.75) is 19.8 Å². The Balaban J connectivity index is 3.58. The molecule has 0 saturated carbocycles. The molecule has 1 unspecified atom stereocenters. The Morgan fingerprint density at radius 3 is 2.33 bits per heavy atom. The van der Waals surface area contributed by atoms with Gasteiger partial charge in [0.15, 0.2) is 0 Å². The van der Waals surface area contributed by atoms with Gasteiger partial charge in [-0.3, -0.25) is 4.79 Å². The zero-order valence-corrected chi connectivity index (χ0v) is 11.0. The van der Waals surface area contributed by atoms with Crippen LogP contribution in [0.1, 0.15) is 19.8 Å². The summed E-state index contributed by atoms with van der Waals surface area (Å²) < 4.78 is 21.2. The van der Waals surface area contributed by atoms with Crippen LogP contribution in [0, 0.1) is 5.92 Å². The standard InChI is InChI=1S/C9H19N3O5S/c1-7(8(13)14)3-5-12-9(15)11-4-2-6-18(10,16)17/h7H,2-6H2,1H3,(H,13,14)(H2,10,16,17)(H2,11,12,15). The van der Waals surface area contributed by atoms with Crippen molar-refractivity contribution in [3.63, 3.8) is 0 Å². The molecule has 0 fully saturated rings. The van der Waals surface area contributed by atoms with E-state index in [0.717, 1.165) is 0 Å². The number of hydrogen-bond donors (Lipinski definition) is 4. The molecule has 0 aromatic heterocycles. The van der Waals surface area contributed by atoms with Gasteiger partial charge in [-0.2, -0.15) is 0 Å². The summed E-state index contributed by atoms with van der Waals surface area (Å²) in [6.45, 7) is 1.99. The van der Waals surface area contributed by atoms with Crippen LogP contribution in [0.3, 0.4) is 0 Å². The van der Waals surface area contributed by atoms with Gasteiger partial charge in [0.25, 0.3) is 0 Å². The highest BCUT2D eigenvalue weighted by molar-refractivity contribution is 7.89. The van der Waals surface area contributed by atoms with Crippen LogP contribution < -0.4 is 15.8 Å². The van der Waals surface area contributed by atoms with Crippen LogP contribution in [0.4, 0.5) is 4.79 Å². The van der Waals surface area contributed by atoms with E-state index < -0.39 is 27.9 Å². The number of sulfonamides is 1. The van der Waals surface area contributed by atoms with Crippen molar-refractivity contribution in [3.8, 4) is 0 Å². The van der Waals surface area contributed by atoms with Crippen molar-refractivity contribution in [1.82, 2.24) is 10.6 Å². The zero-order valence-electron chi connectivity index (χ0n) is 10.2. The Kier molecular flexibility index (Phi) is 7.29. The second-order valence-electron chi connectivity index (χ2n) is 3.93. The van der Waals surface area contributed by atoms with Gasteiger partial charge in [-0.15, -0.1) is 0 Å². The van der Waals surface area contributed by atoms with Crippen LogP contribution in [0.25, 0.3) is 0 Å². The third-order valence-electron chi connectivity index (χ3n) is 2.18. The van der Waals surface area contributed by atoms with Gasteiger partial charge in [-0.1, -0.05) is 6.92 Å². The molecule has 0 rings (SSSR count). The molecule has 1 atom stereocenters. The number of carbonyl (C=O) groups excluding carboxylic acids is 1. The summed E-state index contributed by atoms with van der Waals surface area (Å²) in [5, 5.41) is 18.3. The number of nitrogens with one attached hydrogen (secondary N) is 2. The molecule has 0 heterocycles. The SMILES string of the molecule is CC(CCNC(=O)NCCCS(N)(=O)=O)C(=O)O. The first kappa shape index (κ1) is 16.6. The van der Waals surface area contributed by atoms with E-state index in [1.807, 2.05) is 0 Å². The second-order valence-corrected chi connectivity index (χ2v) is 5.67. The first-order valence-electron chi connectivity index (χ1n) is 5.47.